The number of nitrogens with zero attached hydrogens (tertiary/aromatic N) is 4. The fraction of sp³-hybridized carbons (Fsp3) is 0.500. The minimum atomic E-state index is -0.0694. The number of nitrogens with two attached hydrogens (primary N) is 1. The molecule has 1 aromatic carbocycles. The lowest BCUT2D eigenvalue weighted by molar-refractivity contribution is 0.200. The Morgan fingerprint density at radius 1 is 1.21 bits per heavy atom. The third-order valence-corrected chi connectivity index (χ3v) is 6.43. The second-order valence-electron chi connectivity index (χ2n) is 8.72. The van der Waals surface area contributed by atoms with Gasteiger partial charge in [-0.15, -0.1) is 0 Å². The number of nitrogens with one attached hydrogen (secondary N) is 1. The number of benzene rings is 1. The van der Waals surface area contributed by atoms with Crippen molar-refractivity contribution in [3.8, 4) is 5.75 Å². The lowest BCUT2D eigenvalue weighted by Gasteiger charge is -2.38. The maximum atomic E-state index is 8.73. The summed E-state index contributed by atoms with van der Waals surface area (Å²) >= 11 is 0. The van der Waals surface area contributed by atoms with Gasteiger partial charge in [-0.2, -0.15) is 0 Å². The van der Waals surface area contributed by atoms with E-state index in [0.717, 1.165) is 44.0 Å². The highest BCUT2D eigenvalue weighted by atomic mass is 16.5. The van der Waals surface area contributed by atoms with Crippen LogP contribution in [-0.2, 0) is 0 Å². The van der Waals surface area contributed by atoms with Crippen molar-refractivity contribution in [2.75, 3.05) is 36.8 Å². The smallest absolute Gasteiger partial charge is 0.132 e. The first-order chi connectivity index (χ1) is 14.0. The van der Waals surface area contributed by atoms with Gasteiger partial charge < -0.3 is 15.4 Å². The van der Waals surface area contributed by atoms with Crippen molar-refractivity contribution < 1.29 is 4.74 Å². The van der Waals surface area contributed by atoms with Crippen LogP contribution in [0.3, 0.4) is 0 Å². The summed E-state index contributed by atoms with van der Waals surface area (Å²) in [4.78, 5) is 13.8. The van der Waals surface area contributed by atoms with Gasteiger partial charge in [0, 0.05) is 43.0 Å². The largest absolute Gasteiger partial charge is 0.488 e. The van der Waals surface area contributed by atoms with Crippen molar-refractivity contribution in [1.29, 1.82) is 5.41 Å². The zero-order valence-corrected chi connectivity index (χ0v) is 16.9. The molecular weight excluding hydrogens is 364 g/mol. The Bertz CT molecular complexity index is 941. The van der Waals surface area contributed by atoms with E-state index in [1.807, 2.05) is 24.3 Å². The van der Waals surface area contributed by atoms with Gasteiger partial charge >= 0.3 is 0 Å². The van der Waals surface area contributed by atoms with Crippen molar-refractivity contribution in [3.63, 3.8) is 0 Å². The molecule has 29 heavy (non-hydrogen) atoms. The average molecular weight is 393 g/mol. The maximum Gasteiger partial charge on any atom is 0.132 e. The minimum Gasteiger partial charge on any atom is -0.488 e. The molecule has 3 heterocycles. The van der Waals surface area contributed by atoms with Crippen LogP contribution in [0.5, 0.6) is 5.75 Å². The molecule has 152 valence electrons. The molecule has 3 fully saturated rings. The summed E-state index contributed by atoms with van der Waals surface area (Å²) in [5.41, 5.74) is 8.22. The molecule has 2 aliphatic heterocycles. The topological polar surface area (TPSA) is 91.4 Å². The summed E-state index contributed by atoms with van der Waals surface area (Å²) in [5.74, 6) is 1.65. The molecule has 0 spiro atoms. The van der Waals surface area contributed by atoms with E-state index in [9.17, 15) is 0 Å². The molecule has 0 radical (unpaired) electrons. The molecule has 0 amide bonds. The molecule has 3 aliphatic rings. The van der Waals surface area contributed by atoms with Crippen molar-refractivity contribution >= 4 is 17.2 Å². The molecule has 1 saturated carbocycles. The number of fused-ring (bicyclic) bond motifs is 1. The third kappa shape index (κ3) is 3.67. The fourth-order valence-electron chi connectivity index (χ4n) is 4.37. The molecule has 1 aromatic heterocycles. The number of piperazine rings is 1. The second kappa shape index (κ2) is 6.99. The summed E-state index contributed by atoms with van der Waals surface area (Å²) < 4.78 is 6.06. The molecule has 5 rings (SSSR count). The average Bonchev–Trinajstić information content (AvgIpc) is 3.26. The van der Waals surface area contributed by atoms with Crippen LogP contribution in [0.2, 0.25) is 0 Å². The summed E-state index contributed by atoms with van der Waals surface area (Å²) in [6, 6.07) is 8.09. The Hall–Kier alpha value is -2.67. The van der Waals surface area contributed by atoms with Crippen LogP contribution < -0.4 is 15.4 Å². The minimum absolute atomic E-state index is 0.0694. The molecular formula is C22H28N6O. The van der Waals surface area contributed by atoms with Gasteiger partial charge in [0.1, 0.15) is 23.5 Å². The van der Waals surface area contributed by atoms with Crippen LogP contribution >= 0.6 is 0 Å². The van der Waals surface area contributed by atoms with Gasteiger partial charge in [0.05, 0.1) is 11.4 Å². The van der Waals surface area contributed by atoms with E-state index in [2.05, 4.69) is 26.7 Å². The van der Waals surface area contributed by atoms with Crippen molar-refractivity contribution in [1.82, 2.24) is 14.9 Å². The molecule has 2 saturated heterocycles. The second-order valence-corrected chi connectivity index (χ2v) is 8.72. The number of ether oxygens (including phenoxy) is 1. The lowest BCUT2D eigenvalue weighted by Crippen LogP contribution is -2.50. The van der Waals surface area contributed by atoms with Gasteiger partial charge in [-0.25, -0.2) is 9.97 Å². The van der Waals surface area contributed by atoms with E-state index in [1.165, 1.54) is 19.4 Å². The summed E-state index contributed by atoms with van der Waals surface area (Å²) in [6.45, 7) is 6.36. The molecule has 1 unspecified atom stereocenters. The first kappa shape index (κ1) is 18.4. The van der Waals surface area contributed by atoms with Crippen LogP contribution in [0.25, 0.3) is 0 Å². The van der Waals surface area contributed by atoms with Gasteiger partial charge in [-0.3, -0.25) is 10.3 Å². The van der Waals surface area contributed by atoms with Crippen LogP contribution in [0, 0.1) is 5.41 Å². The number of hydrogen-bond donors (Lipinski definition) is 2. The molecule has 3 N–H and O–H groups in total. The SMILES string of the molecule is CC1(Oc2ccc(N)c(C(=N)c3cc(N4CCN5CCCC5C4)ncn3)c2)CC1. The highest BCUT2D eigenvalue weighted by Crippen LogP contribution is 2.40. The van der Waals surface area contributed by atoms with E-state index in [1.54, 1.807) is 6.33 Å². The monoisotopic (exact) mass is 392 g/mol. The van der Waals surface area contributed by atoms with Crippen LogP contribution in [0.15, 0.2) is 30.6 Å². The first-order valence-electron chi connectivity index (χ1n) is 10.5. The zero-order valence-electron chi connectivity index (χ0n) is 16.9. The predicted octanol–water partition coefficient (Wildman–Crippen LogP) is 2.69. The van der Waals surface area contributed by atoms with E-state index >= 15 is 0 Å². The molecule has 0 bridgehead atoms. The highest BCUT2D eigenvalue weighted by Gasteiger charge is 2.40. The molecule has 7 nitrogen and oxygen atoms in total. The standard InChI is InChI=1S/C22H28N6O/c1-22(6-7-22)29-16-4-5-18(23)17(11-16)21(24)19-12-20(26-14-25-19)28-10-9-27-8-2-3-15(27)13-28/h4-5,11-12,14-15,24H,2-3,6-10,13,23H2,1H3. The Morgan fingerprint density at radius 3 is 2.90 bits per heavy atom. The summed E-state index contributed by atoms with van der Waals surface area (Å²) in [5, 5.41) is 8.73. The van der Waals surface area contributed by atoms with E-state index < -0.39 is 0 Å². The Labute approximate surface area is 171 Å². The van der Waals surface area contributed by atoms with Crippen molar-refractivity contribution in [3.05, 3.63) is 41.9 Å². The summed E-state index contributed by atoms with van der Waals surface area (Å²) in [6.07, 6.45) is 6.23. The fourth-order valence-corrected chi connectivity index (χ4v) is 4.37. The van der Waals surface area contributed by atoms with Gasteiger partial charge in [-0.1, -0.05) is 0 Å². The van der Waals surface area contributed by atoms with Crippen molar-refractivity contribution in [2.45, 2.75) is 44.2 Å². The van der Waals surface area contributed by atoms with Crippen LogP contribution in [0.4, 0.5) is 11.5 Å². The predicted molar refractivity (Wildman–Crippen MR) is 114 cm³/mol. The maximum absolute atomic E-state index is 8.73. The third-order valence-electron chi connectivity index (χ3n) is 6.43. The zero-order chi connectivity index (χ0) is 20.0. The van der Waals surface area contributed by atoms with E-state index in [-0.39, 0.29) is 5.60 Å². The Morgan fingerprint density at radius 2 is 2.07 bits per heavy atom. The van der Waals surface area contributed by atoms with Gasteiger partial charge in [0.2, 0.25) is 0 Å². The normalized spacial score (nSPS) is 22.9. The highest BCUT2D eigenvalue weighted by molar-refractivity contribution is 6.13. The Balaban J connectivity index is 1.38. The number of rotatable bonds is 5. The Kier molecular flexibility index (Phi) is 4.42. The number of hydrogen-bond acceptors (Lipinski definition) is 7. The number of anilines is 2. The molecule has 2 aromatic rings. The quantitative estimate of drug-likeness (QED) is 0.600. The van der Waals surface area contributed by atoms with Crippen LogP contribution in [0.1, 0.15) is 43.9 Å². The lowest BCUT2D eigenvalue weighted by atomic mass is 10.0. The number of aromatic nitrogens is 2. The van der Waals surface area contributed by atoms with Gasteiger partial charge in [0.15, 0.2) is 0 Å². The molecule has 7 heteroatoms. The number of nitrogen functional groups attached to an aromatic ring is 1. The molecule has 1 aliphatic carbocycles. The van der Waals surface area contributed by atoms with Gasteiger partial charge in [-0.05, 0) is 57.4 Å². The van der Waals surface area contributed by atoms with E-state index in [0.29, 0.717) is 28.7 Å². The van der Waals surface area contributed by atoms with Gasteiger partial charge in [0.25, 0.3) is 0 Å². The first-order valence-corrected chi connectivity index (χ1v) is 10.5. The summed E-state index contributed by atoms with van der Waals surface area (Å²) in [7, 11) is 0. The van der Waals surface area contributed by atoms with Crippen molar-refractivity contribution in [2.24, 2.45) is 0 Å². The van der Waals surface area contributed by atoms with E-state index in [4.69, 9.17) is 15.9 Å². The molecule has 1 atom stereocenters. The van der Waals surface area contributed by atoms with Crippen LogP contribution in [-0.4, -0.2) is 58.4 Å².